The van der Waals surface area contributed by atoms with Gasteiger partial charge in [-0.25, -0.2) is 0 Å². The molecule has 1 aliphatic heterocycles. The maximum atomic E-state index is 12.8. The van der Waals surface area contributed by atoms with Crippen LogP contribution in [0.25, 0.3) is 0 Å². The number of hydrogen-bond acceptors (Lipinski definition) is 2. The number of carbonyl (C=O) groups is 1. The van der Waals surface area contributed by atoms with E-state index >= 15 is 0 Å². The second kappa shape index (κ2) is 7.11. The highest BCUT2D eigenvalue weighted by molar-refractivity contribution is 5.94. The van der Waals surface area contributed by atoms with Crippen LogP contribution in [0.5, 0.6) is 0 Å². The molecule has 1 amide bonds. The van der Waals surface area contributed by atoms with Crippen molar-refractivity contribution in [3.8, 4) is 6.07 Å². The Morgan fingerprint density at radius 2 is 1.91 bits per heavy atom. The molecular weight excluding hydrogens is 284 g/mol. The highest BCUT2D eigenvalue weighted by atomic mass is 16.2. The topological polar surface area (TPSA) is 44.1 Å². The van der Waals surface area contributed by atoms with Crippen LogP contribution in [0, 0.1) is 11.3 Å². The Kier molecular flexibility index (Phi) is 4.73. The lowest BCUT2D eigenvalue weighted by Gasteiger charge is -2.25. The van der Waals surface area contributed by atoms with Crippen molar-refractivity contribution in [2.45, 2.75) is 25.2 Å². The number of rotatable bonds is 2. The van der Waals surface area contributed by atoms with E-state index in [9.17, 15) is 4.79 Å². The number of nitriles is 1. The molecule has 0 N–H and O–H groups in total. The van der Waals surface area contributed by atoms with Crippen LogP contribution in [0.15, 0.2) is 54.6 Å². The summed E-state index contributed by atoms with van der Waals surface area (Å²) in [7, 11) is 0. The fraction of sp³-hybridized carbons (Fsp3) is 0.300. The Balaban J connectivity index is 1.80. The number of likely N-dealkylation sites (tertiary alicyclic amines) is 1. The second-order valence-corrected chi connectivity index (χ2v) is 6.05. The van der Waals surface area contributed by atoms with Crippen molar-refractivity contribution in [3.05, 3.63) is 71.3 Å². The maximum absolute atomic E-state index is 12.8. The molecule has 0 radical (unpaired) electrons. The molecule has 0 spiro atoms. The third-order valence-corrected chi connectivity index (χ3v) is 4.47. The van der Waals surface area contributed by atoms with Crippen LogP contribution in [-0.2, 0) is 0 Å². The zero-order chi connectivity index (χ0) is 16.1. The minimum absolute atomic E-state index is 0.0323. The summed E-state index contributed by atoms with van der Waals surface area (Å²) < 4.78 is 0. The van der Waals surface area contributed by atoms with Gasteiger partial charge in [0.05, 0.1) is 11.6 Å². The van der Waals surface area contributed by atoms with Gasteiger partial charge in [-0.3, -0.25) is 4.79 Å². The van der Waals surface area contributed by atoms with Gasteiger partial charge < -0.3 is 4.90 Å². The van der Waals surface area contributed by atoms with Crippen LogP contribution in [-0.4, -0.2) is 23.9 Å². The molecule has 2 aromatic carbocycles. The fourth-order valence-electron chi connectivity index (χ4n) is 3.23. The maximum Gasteiger partial charge on any atom is 0.253 e. The van der Waals surface area contributed by atoms with Gasteiger partial charge in [0.1, 0.15) is 0 Å². The summed E-state index contributed by atoms with van der Waals surface area (Å²) in [6.07, 6.45) is 3.29. The number of amides is 1. The molecule has 3 heteroatoms. The van der Waals surface area contributed by atoms with Gasteiger partial charge >= 0.3 is 0 Å². The van der Waals surface area contributed by atoms with E-state index in [-0.39, 0.29) is 5.91 Å². The van der Waals surface area contributed by atoms with Crippen molar-refractivity contribution < 1.29 is 4.79 Å². The summed E-state index contributed by atoms with van der Waals surface area (Å²) in [4.78, 5) is 14.8. The van der Waals surface area contributed by atoms with Crippen molar-refractivity contribution in [2.24, 2.45) is 0 Å². The molecule has 1 saturated heterocycles. The van der Waals surface area contributed by atoms with Gasteiger partial charge in [-0.1, -0.05) is 42.8 Å². The van der Waals surface area contributed by atoms with E-state index in [2.05, 4.69) is 30.3 Å². The molecule has 3 nitrogen and oxygen atoms in total. The average molecular weight is 304 g/mol. The van der Waals surface area contributed by atoms with Gasteiger partial charge in [-0.2, -0.15) is 5.26 Å². The number of benzene rings is 2. The molecule has 0 aromatic heterocycles. The first-order valence-corrected chi connectivity index (χ1v) is 8.12. The molecule has 116 valence electrons. The highest BCUT2D eigenvalue weighted by Gasteiger charge is 2.24. The predicted octanol–water partition coefficient (Wildman–Crippen LogP) is 3.97. The largest absolute Gasteiger partial charge is 0.338 e. The van der Waals surface area contributed by atoms with Crippen LogP contribution < -0.4 is 0 Å². The van der Waals surface area contributed by atoms with Gasteiger partial charge in [0.2, 0.25) is 0 Å². The van der Waals surface area contributed by atoms with Gasteiger partial charge in [0.15, 0.2) is 0 Å². The number of carbonyl (C=O) groups excluding carboxylic acids is 1. The molecule has 1 atom stereocenters. The van der Waals surface area contributed by atoms with Crippen LogP contribution in [0.4, 0.5) is 0 Å². The lowest BCUT2D eigenvalue weighted by molar-refractivity contribution is 0.0754. The standard InChI is InChI=1S/C20H20N2O/c21-14-16-7-6-11-18(13-16)20(23)22-12-5-4-10-19(15-22)17-8-2-1-3-9-17/h1-3,6-9,11,13,19H,4-5,10,12,15H2. The lowest BCUT2D eigenvalue weighted by Crippen LogP contribution is -2.34. The van der Waals surface area contributed by atoms with Gasteiger partial charge in [-0.05, 0) is 36.6 Å². The van der Waals surface area contributed by atoms with E-state index in [0.717, 1.165) is 32.4 Å². The summed E-state index contributed by atoms with van der Waals surface area (Å²) in [6, 6.07) is 19.5. The molecule has 3 rings (SSSR count). The number of hydrogen-bond donors (Lipinski definition) is 0. The normalized spacial score (nSPS) is 18.0. The van der Waals surface area contributed by atoms with Crippen LogP contribution in [0.3, 0.4) is 0 Å². The molecule has 1 heterocycles. The Bertz CT molecular complexity index is 718. The molecule has 1 fully saturated rings. The van der Waals surface area contributed by atoms with Crippen LogP contribution in [0.1, 0.15) is 46.7 Å². The minimum atomic E-state index is 0.0323. The van der Waals surface area contributed by atoms with E-state index in [0.29, 0.717) is 17.0 Å². The monoisotopic (exact) mass is 304 g/mol. The highest BCUT2D eigenvalue weighted by Crippen LogP contribution is 2.27. The van der Waals surface area contributed by atoms with Crippen LogP contribution >= 0.6 is 0 Å². The van der Waals surface area contributed by atoms with E-state index < -0.39 is 0 Å². The quantitative estimate of drug-likeness (QED) is 0.842. The average Bonchev–Trinajstić information content (AvgIpc) is 2.88. The van der Waals surface area contributed by atoms with Gasteiger partial charge in [-0.15, -0.1) is 0 Å². The van der Waals surface area contributed by atoms with Gasteiger partial charge in [0, 0.05) is 24.6 Å². The zero-order valence-corrected chi connectivity index (χ0v) is 13.1. The fourth-order valence-corrected chi connectivity index (χ4v) is 3.23. The molecule has 0 bridgehead atoms. The molecule has 1 unspecified atom stereocenters. The first kappa shape index (κ1) is 15.3. The number of nitrogens with zero attached hydrogens (tertiary/aromatic N) is 2. The second-order valence-electron chi connectivity index (χ2n) is 6.05. The summed E-state index contributed by atoms with van der Waals surface area (Å²) >= 11 is 0. The SMILES string of the molecule is N#Cc1cccc(C(=O)N2CCCCC(c3ccccc3)C2)c1. The minimum Gasteiger partial charge on any atom is -0.338 e. The predicted molar refractivity (Wildman–Crippen MR) is 90.1 cm³/mol. The molecule has 2 aromatic rings. The molecule has 1 aliphatic rings. The van der Waals surface area contributed by atoms with Crippen molar-refractivity contribution in [3.63, 3.8) is 0 Å². The summed E-state index contributed by atoms with van der Waals surface area (Å²) in [5.74, 6) is 0.423. The smallest absolute Gasteiger partial charge is 0.253 e. The lowest BCUT2D eigenvalue weighted by atomic mass is 9.94. The molecule has 0 saturated carbocycles. The Labute approximate surface area is 137 Å². The summed E-state index contributed by atoms with van der Waals surface area (Å²) in [5.41, 5.74) is 2.45. The summed E-state index contributed by atoms with van der Waals surface area (Å²) in [6.45, 7) is 1.54. The van der Waals surface area contributed by atoms with Crippen molar-refractivity contribution in [1.29, 1.82) is 5.26 Å². The molecular formula is C20H20N2O. The van der Waals surface area contributed by atoms with Crippen molar-refractivity contribution in [2.75, 3.05) is 13.1 Å². The van der Waals surface area contributed by atoms with Crippen LogP contribution in [0.2, 0.25) is 0 Å². The van der Waals surface area contributed by atoms with E-state index in [1.54, 1.807) is 24.3 Å². The summed E-state index contributed by atoms with van der Waals surface area (Å²) in [5, 5.41) is 9.01. The Hall–Kier alpha value is -2.60. The Morgan fingerprint density at radius 1 is 1.09 bits per heavy atom. The van der Waals surface area contributed by atoms with E-state index in [4.69, 9.17) is 5.26 Å². The van der Waals surface area contributed by atoms with Crippen molar-refractivity contribution >= 4 is 5.91 Å². The zero-order valence-electron chi connectivity index (χ0n) is 13.1. The third-order valence-electron chi connectivity index (χ3n) is 4.47. The molecule has 0 aliphatic carbocycles. The van der Waals surface area contributed by atoms with E-state index in [1.807, 2.05) is 11.0 Å². The first-order chi connectivity index (χ1) is 11.3. The third kappa shape index (κ3) is 3.60. The van der Waals surface area contributed by atoms with E-state index in [1.165, 1.54) is 5.56 Å². The van der Waals surface area contributed by atoms with Gasteiger partial charge in [0.25, 0.3) is 5.91 Å². The molecule has 23 heavy (non-hydrogen) atoms. The van der Waals surface area contributed by atoms with Crippen molar-refractivity contribution in [1.82, 2.24) is 4.90 Å². The first-order valence-electron chi connectivity index (χ1n) is 8.12. The Morgan fingerprint density at radius 3 is 2.70 bits per heavy atom.